The van der Waals surface area contributed by atoms with Crippen LogP contribution < -0.4 is 11.2 Å². The predicted molar refractivity (Wildman–Crippen MR) is 110 cm³/mol. The van der Waals surface area contributed by atoms with E-state index in [4.69, 9.17) is 17.3 Å². The van der Waals surface area contributed by atoms with Crippen LogP contribution in [-0.2, 0) is 4.79 Å². The largest absolute Gasteiger partial charge is 0.384 e. The Hall–Kier alpha value is -2.22. The highest BCUT2D eigenvalue weighted by Crippen LogP contribution is 2.21. The van der Waals surface area contributed by atoms with Crippen molar-refractivity contribution in [2.24, 2.45) is 5.73 Å². The van der Waals surface area contributed by atoms with Crippen molar-refractivity contribution >= 4 is 34.9 Å². The molecular formula is C19H22ClN5OS. The molecule has 0 bridgehead atoms. The van der Waals surface area contributed by atoms with Crippen LogP contribution >= 0.6 is 22.9 Å². The van der Waals surface area contributed by atoms with Gasteiger partial charge in [0.15, 0.2) is 0 Å². The van der Waals surface area contributed by atoms with Gasteiger partial charge in [0.2, 0.25) is 5.91 Å². The molecule has 0 spiro atoms. The number of carbonyl (C=O) groups excluding carboxylic acids is 1. The molecule has 0 aliphatic carbocycles. The first-order valence-electron chi connectivity index (χ1n) is 8.89. The molecule has 1 unspecified atom stereocenters. The molecule has 3 aliphatic heterocycles. The Bertz CT molecular complexity index is 843. The molecule has 6 nitrogen and oxygen atoms in total. The van der Waals surface area contributed by atoms with Crippen LogP contribution in [0.15, 0.2) is 53.3 Å². The summed E-state index contributed by atoms with van der Waals surface area (Å²) in [5, 5.41) is 3.97. The van der Waals surface area contributed by atoms with Gasteiger partial charge in [-0.1, -0.05) is 29.8 Å². The summed E-state index contributed by atoms with van der Waals surface area (Å²) in [4.78, 5) is 16.6. The third-order valence-electron chi connectivity index (χ3n) is 4.80. The second-order valence-corrected chi connectivity index (χ2v) is 8.37. The van der Waals surface area contributed by atoms with Gasteiger partial charge in [0, 0.05) is 32.4 Å². The lowest BCUT2D eigenvalue weighted by Crippen LogP contribution is -2.50. The molecule has 1 aromatic rings. The Morgan fingerprint density at radius 1 is 1.37 bits per heavy atom. The number of hydrazine groups is 1. The minimum absolute atomic E-state index is 0.122. The van der Waals surface area contributed by atoms with Crippen LogP contribution in [0.3, 0.4) is 0 Å². The molecule has 3 N–H and O–H groups in total. The lowest BCUT2D eigenvalue weighted by atomic mass is 10.1. The lowest BCUT2D eigenvalue weighted by Gasteiger charge is -2.35. The number of nitrogens with two attached hydrogens (primary N) is 1. The highest BCUT2D eigenvalue weighted by Gasteiger charge is 2.26. The first-order valence-corrected chi connectivity index (χ1v) is 10.1. The van der Waals surface area contributed by atoms with Crippen LogP contribution in [0.1, 0.15) is 5.56 Å². The van der Waals surface area contributed by atoms with Gasteiger partial charge < -0.3 is 10.6 Å². The molecule has 8 heteroatoms. The number of amides is 1. The Kier molecular flexibility index (Phi) is 5.24. The van der Waals surface area contributed by atoms with E-state index < -0.39 is 0 Å². The van der Waals surface area contributed by atoms with E-state index in [-0.39, 0.29) is 11.9 Å². The van der Waals surface area contributed by atoms with E-state index in [2.05, 4.69) is 28.6 Å². The Morgan fingerprint density at radius 2 is 2.26 bits per heavy atom. The summed E-state index contributed by atoms with van der Waals surface area (Å²) in [5.74, 6) is 0.828. The number of thiophene rings is 1. The first-order chi connectivity index (χ1) is 13.1. The monoisotopic (exact) mass is 403 g/mol. The number of fused-ring (bicyclic) bond motifs is 1. The van der Waals surface area contributed by atoms with E-state index in [1.807, 2.05) is 39.7 Å². The molecule has 3 aliphatic rings. The molecule has 0 saturated carbocycles. The maximum Gasteiger partial charge on any atom is 0.237 e. The predicted octanol–water partition coefficient (Wildman–Crippen LogP) is 2.00. The third-order valence-corrected chi connectivity index (χ3v) is 5.91. The molecule has 0 radical (unpaired) electrons. The Labute approximate surface area is 167 Å². The first kappa shape index (κ1) is 18.2. The zero-order valence-corrected chi connectivity index (χ0v) is 16.4. The van der Waals surface area contributed by atoms with E-state index in [1.54, 1.807) is 0 Å². The van der Waals surface area contributed by atoms with Crippen molar-refractivity contribution in [3.63, 3.8) is 0 Å². The molecule has 142 valence electrons. The van der Waals surface area contributed by atoms with Gasteiger partial charge in [0.25, 0.3) is 0 Å². The van der Waals surface area contributed by atoms with E-state index in [0.717, 1.165) is 35.1 Å². The molecule has 0 aromatic carbocycles. The number of nitrogens with zero attached hydrogens (tertiary/aromatic N) is 3. The molecule has 4 heterocycles. The average molecular weight is 404 g/mol. The Balaban J connectivity index is 1.28. The van der Waals surface area contributed by atoms with E-state index in [9.17, 15) is 4.79 Å². The van der Waals surface area contributed by atoms with Crippen LogP contribution in [0.25, 0.3) is 6.08 Å². The normalized spacial score (nSPS) is 22.9. The molecule has 1 fully saturated rings. The van der Waals surface area contributed by atoms with Gasteiger partial charge in [-0.25, -0.2) is 0 Å². The van der Waals surface area contributed by atoms with Gasteiger partial charge in [0.05, 0.1) is 16.9 Å². The molecule has 1 amide bonds. The van der Waals surface area contributed by atoms with Gasteiger partial charge in [-0.05, 0) is 34.7 Å². The van der Waals surface area contributed by atoms with Crippen LogP contribution in [0.5, 0.6) is 0 Å². The molecule has 1 saturated heterocycles. The van der Waals surface area contributed by atoms with Crippen molar-refractivity contribution in [2.75, 3.05) is 32.7 Å². The fraction of sp³-hybridized carbons (Fsp3) is 0.316. The molecule has 4 rings (SSSR count). The number of nitrogens with one attached hydrogen (secondary N) is 1. The molecule has 1 aromatic heterocycles. The topological polar surface area (TPSA) is 64.8 Å². The van der Waals surface area contributed by atoms with Gasteiger partial charge in [-0.15, -0.1) is 11.3 Å². The summed E-state index contributed by atoms with van der Waals surface area (Å²) in [6.07, 6.45) is 12.3. The number of halogens is 1. The zero-order chi connectivity index (χ0) is 18.8. The molecular weight excluding hydrogens is 382 g/mol. The third kappa shape index (κ3) is 4.37. The summed E-state index contributed by atoms with van der Waals surface area (Å²) in [6, 6.07) is 2.07. The summed E-state index contributed by atoms with van der Waals surface area (Å²) >= 11 is 7.46. The van der Waals surface area contributed by atoms with E-state index in [1.165, 1.54) is 11.3 Å². The highest BCUT2D eigenvalue weighted by atomic mass is 35.5. The van der Waals surface area contributed by atoms with Crippen LogP contribution in [0.2, 0.25) is 4.34 Å². The fourth-order valence-electron chi connectivity index (χ4n) is 3.40. The van der Waals surface area contributed by atoms with Crippen molar-refractivity contribution in [2.45, 2.75) is 6.04 Å². The number of rotatable bonds is 5. The Morgan fingerprint density at radius 3 is 3.04 bits per heavy atom. The fourth-order valence-corrected chi connectivity index (χ4v) is 4.25. The number of hydrogen-bond donors (Lipinski definition) is 2. The molecule has 27 heavy (non-hydrogen) atoms. The number of hydrogen-bond acceptors (Lipinski definition) is 6. The van der Waals surface area contributed by atoms with Gasteiger partial charge in [-0.2, -0.15) is 0 Å². The SMILES string of the molecule is NC1=CC2C=C(CN3CCN(CC=Cc4csc(Cl)c4)CC3=O)C=CN2N1. The quantitative estimate of drug-likeness (QED) is 0.787. The van der Waals surface area contributed by atoms with Crippen LogP contribution in [-0.4, -0.2) is 59.5 Å². The van der Waals surface area contributed by atoms with Crippen LogP contribution in [0, 0.1) is 0 Å². The summed E-state index contributed by atoms with van der Waals surface area (Å²) in [7, 11) is 0. The minimum atomic E-state index is 0.122. The van der Waals surface area contributed by atoms with E-state index >= 15 is 0 Å². The van der Waals surface area contributed by atoms with E-state index in [0.29, 0.717) is 18.9 Å². The van der Waals surface area contributed by atoms with Crippen molar-refractivity contribution in [1.29, 1.82) is 0 Å². The van der Waals surface area contributed by atoms with Gasteiger partial charge >= 0.3 is 0 Å². The maximum absolute atomic E-state index is 12.5. The van der Waals surface area contributed by atoms with Crippen molar-refractivity contribution in [3.8, 4) is 0 Å². The van der Waals surface area contributed by atoms with Gasteiger partial charge in [-0.3, -0.25) is 20.1 Å². The summed E-state index contributed by atoms with van der Waals surface area (Å²) in [6.45, 7) is 3.48. The standard InChI is InChI=1S/C19H22ClN5OS/c20-17-9-15(13-27-17)2-1-4-23-6-7-24(19(26)12-23)11-14-3-5-25-16(8-14)10-18(21)22-25/h1-3,5,8-10,13,16,22H,4,6-7,11-12,21H2. The molecule has 1 atom stereocenters. The lowest BCUT2D eigenvalue weighted by molar-refractivity contribution is -0.135. The average Bonchev–Trinajstić information content (AvgIpc) is 3.21. The van der Waals surface area contributed by atoms with Crippen molar-refractivity contribution < 1.29 is 4.79 Å². The van der Waals surface area contributed by atoms with Gasteiger partial charge in [0.1, 0.15) is 5.82 Å². The van der Waals surface area contributed by atoms with Crippen LogP contribution in [0.4, 0.5) is 0 Å². The number of piperazine rings is 1. The summed E-state index contributed by atoms with van der Waals surface area (Å²) in [5.41, 5.74) is 11.1. The maximum atomic E-state index is 12.5. The summed E-state index contributed by atoms with van der Waals surface area (Å²) < 4.78 is 0.791. The van der Waals surface area contributed by atoms with Crippen molar-refractivity contribution in [3.05, 3.63) is 63.2 Å². The number of carbonyl (C=O) groups is 1. The van der Waals surface area contributed by atoms with Crippen molar-refractivity contribution in [1.82, 2.24) is 20.2 Å². The zero-order valence-electron chi connectivity index (χ0n) is 14.8. The second-order valence-electron chi connectivity index (χ2n) is 6.83. The highest BCUT2D eigenvalue weighted by molar-refractivity contribution is 7.14. The smallest absolute Gasteiger partial charge is 0.237 e. The second kappa shape index (κ2) is 7.80. The minimum Gasteiger partial charge on any atom is -0.384 e.